The molecule has 0 spiro atoms. The number of hydrogen-bond acceptors (Lipinski definition) is 5. The molecule has 2 N–H and O–H groups in total. The Hall–Kier alpha value is -3.18. The van der Waals surface area contributed by atoms with Crippen LogP contribution in [-0.2, 0) is 10.0 Å². The summed E-state index contributed by atoms with van der Waals surface area (Å²) in [7, 11) is -3.55. The molecule has 3 aromatic rings. The van der Waals surface area contributed by atoms with Crippen LogP contribution in [0.1, 0.15) is 28.6 Å². The number of hydrogen-bond donors (Lipinski definition) is 2. The van der Waals surface area contributed by atoms with Crippen molar-refractivity contribution in [3.8, 4) is 11.4 Å². The second kappa shape index (κ2) is 8.16. The van der Waals surface area contributed by atoms with E-state index in [4.69, 9.17) is 0 Å². The molecular formula is C20H19F2N5O3S. The molecule has 2 atom stereocenters. The number of nitrogens with zero attached hydrogens (tertiary/aromatic N) is 3. The zero-order chi connectivity index (χ0) is 22.2. The van der Waals surface area contributed by atoms with E-state index in [1.165, 1.54) is 4.90 Å². The van der Waals surface area contributed by atoms with Gasteiger partial charge in [-0.25, -0.2) is 26.9 Å². The molecule has 8 nitrogen and oxygen atoms in total. The van der Waals surface area contributed by atoms with Crippen molar-refractivity contribution in [1.29, 1.82) is 0 Å². The Labute approximate surface area is 177 Å². The molecule has 1 aliphatic rings. The summed E-state index contributed by atoms with van der Waals surface area (Å²) in [4.78, 5) is 18.8. The molecule has 2 heterocycles. The number of carbonyl (C=O) groups excluding carboxylic acids is 1. The first-order chi connectivity index (χ1) is 14.7. The third kappa shape index (κ3) is 4.62. The largest absolute Gasteiger partial charge is 0.327 e. The molecule has 1 amide bonds. The maximum atomic E-state index is 14.2. The average Bonchev–Trinajstić information content (AvgIpc) is 3.36. The highest BCUT2D eigenvalue weighted by Crippen LogP contribution is 2.33. The summed E-state index contributed by atoms with van der Waals surface area (Å²) in [5.74, 6) is -1.66. The minimum Gasteiger partial charge on any atom is -0.327 e. The lowest BCUT2D eigenvalue weighted by Crippen LogP contribution is -2.38. The predicted molar refractivity (Wildman–Crippen MR) is 108 cm³/mol. The minimum absolute atomic E-state index is 0.0338. The minimum atomic E-state index is -3.55. The Morgan fingerprint density at radius 3 is 2.65 bits per heavy atom. The number of sulfonamides is 1. The summed E-state index contributed by atoms with van der Waals surface area (Å²) in [6.07, 6.45) is 1.21. The molecule has 0 radical (unpaired) electrons. The highest BCUT2D eigenvalue weighted by Gasteiger charge is 2.40. The number of aromatic amines is 1. The van der Waals surface area contributed by atoms with E-state index in [-0.39, 0.29) is 13.0 Å². The number of benzene rings is 2. The van der Waals surface area contributed by atoms with Crippen LogP contribution in [0.25, 0.3) is 11.4 Å². The van der Waals surface area contributed by atoms with Crippen molar-refractivity contribution in [1.82, 2.24) is 24.8 Å². The third-order valence-corrected chi connectivity index (χ3v) is 5.71. The smallest absolute Gasteiger partial charge is 0.257 e. The Bertz CT molecular complexity index is 1220. The highest BCUT2D eigenvalue weighted by atomic mass is 32.2. The van der Waals surface area contributed by atoms with E-state index < -0.39 is 45.2 Å². The van der Waals surface area contributed by atoms with Gasteiger partial charge in [0.1, 0.15) is 17.5 Å². The van der Waals surface area contributed by atoms with Gasteiger partial charge in [0.05, 0.1) is 17.9 Å². The van der Waals surface area contributed by atoms with Crippen LogP contribution in [0.3, 0.4) is 0 Å². The average molecular weight is 447 g/mol. The number of carbonyl (C=O) groups is 1. The second-order valence-electron chi connectivity index (χ2n) is 7.33. The van der Waals surface area contributed by atoms with Crippen molar-refractivity contribution >= 4 is 15.9 Å². The number of halogens is 2. The summed E-state index contributed by atoms with van der Waals surface area (Å²) in [6.45, 7) is -0.0338. The van der Waals surface area contributed by atoms with Crippen molar-refractivity contribution in [2.24, 2.45) is 0 Å². The zero-order valence-electron chi connectivity index (χ0n) is 16.4. The molecule has 2 unspecified atom stereocenters. The molecule has 4 rings (SSSR count). The van der Waals surface area contributed by atoms with E-state index in [0.717, 1.165) is 30.0 Å². The van der Waals surface area contributed by atoms with Gasteiger partial charge in [0.15, 0.2) is 5.82 Å². The molecular weight excluding hydrogens is 428 g/mol. The standard InChI is InChI=1S/C20H19F2N5O3S/c1-31(29,30)26-14-10-17(19-23-18(24-25-19)12-5-3-2-4-6-12)27(11-14)20(28)15-9-13(21)7-8-16(15)22/h2-9,14,17,26H,10-11H2,1H3,(H,23,24,25). The van der Waals surface area contributed by atoms with E-state index in [0.29, 0.717) is 11.6 Å². The van der Waals surface area contributed by atoms with Crippen LogP contribution in [0, 0.1) is 11.6 Å². The van der Waals surface area contributed by atoms with Gasteiger partial charge >= 0.3 is 0 Å². The van der Waals surface area contributed by atoms with Crippen LogP contribution < -0.4 is 4.72 Å². The van der Waals surface area contributed by atoms with Gasteiger partial charge < -0.3 is 4.90 Å². The lowest BCUT2D eigenvalue weighted by molar-refractivity contribution is 0.0723. The maximum absolute atomic E-state index is 14.2. The highest BCUT2D eigenvalue weighted by molar-refractivity contribution is 7.88. The number of amides is 1. The fourth-order valence-corrected chi connectivity index (χ4v) is 4.44. The first kappa shape index (κ1) is 21.1. The molecule has 0 saturated carbocycles. The lowest BCUT2D eigenvalue weighted by atomic mass is 10.1. The normalized spacial score (nSPS) is 19.0. The summed E-state index contributed by atoms with van der Waals surface area (Å²) in [5.41, 5.74) is 0.315. The van der Waals surface area contributed by atoms with Crippen LogP contribution in [0.5, 0.6) is 0 Å². The van der Waals surface area contributed by atoms with Gasteiger partial charge in [-0.3, -0.25) is 9.89 Å². The molecule has 1 aliphatic heterocycles. The Morgan fingerprint density at radius 1 is 1.19 bits per heavy atom. The van der Waals surface area contributed by atoms with Gasteiger partial charge in [-0.15, -0.1) is 0 Å². The molecule has 0 bridgehead atoms. The maximum Gasteiger partial charge on any atom is 0.257 e. The number of H-pyrrole nitrogens is 1. The second-order valence-corrected chi connectivity index (χ2v) is 9.11. The SMILES string of the molecule is CS(=O)(=O)NC1CC(c2nc(-c3ccccc3)n[nH]2)N(C(=O)c2cc(F)ccc2F)C1. The fourth-order valence-electron chi connectivity index (χ4n) is 3.66. The quantitative estimate of drug-likeness (QED) is 0.624. The summed E-state index contributed by atoms with van der Waals surface area (Å²) >= 11 is 0. The number of likely N-dealkylation sites (tertiary alicyclic amines) is 1. The van der Waals surface area contributed by atoms with Gasteiger partial charge in [-0.1, -0.05) is 30.3 Å². The van der Waals surface area contributed by atoms with E-state index in [9.17, 15) is 22.0 Å². The molecule has 31 heavy (non-hydrogen) atoms. The first-order valence-corrected chi connectivity index (χ1v) is 11.3. The van der Waals surface area contributed by atoms with Gasteiger partial charge in [-0.2, -0.15) is 5.10 Å². The molecule has 162 valence electrons. The van der Waals surface area contributed by atoms with Crippen LogP contribution in [0.2, 0.25) is 0 Å². The lowest BCUT2D eigenvalue weighted by Gasteiger charge is -2.23. The van der Waals surface area contributed by atoms with E-state index in [1.54, 1.807) is 0 Å². The van der Waals surface area contributed by atoms with Crippen molar-refractivity contribution in [3.05, 3.63) is 71.6 Å². The van der Waals surface area contributed by atoms with Crippen molar-refractivity contribution in [2.45, 2.75) is 18.5 Å². The topological polar surface area (TPSA) is 108 Å². The van der Waals surface area contributed by atoms with E-state index in [2.05, 4.69) is 19.9 Å². The zero-order valence-corrected chi connectivity index (χ0v) is 17.2. The number of aromatic nitrogens is 3. The molecule has 1 aromatic heterocycles. The molecule has 0 aliphatic carbocycles. The van der Waals surface area contributed by atoms with Crippen LogP contribution >= 0.6 is 0 Å². The monoisotopic (exact) mass is 447 g/mol. The Kier molecular flexibility index (Phi) is 5.54. The van der Waals surface area contributed by atoms with E-state index in [1.807, 2.05) is 30.3 Å². The summed E-state index contributed by atoms with van der Waals surface area (Å²) in [6, 6.07) is 10.4. The van der Waals surface area contributed by atoms with Gasteiger partial charge in [0, 0.05) is 18.2 Å². The fraction of sp³-hybridized carbons (Fsp3) is 0.250. The third-order valence-electron chi connectivity index (χ3n) is 4.95. The summed E-state index contributed by atoms with van der Waals surface area (Å²) in [5, 5.41) is 6.97. The number of nitrogens with one attached hydrogen (secondary N) is 2. The van der Waals surface area contributed by atoms with Gasteiger partial charge in [-0.05, 0) is 24.6 Å². The van der Waals surface area contributed by atoms with Crippen LogP contribution in [0.4, 0.5) is 8.78 Å². The van der Waals surface area contributed by atoms with Crippen LogP contribution in [-0.4, -0.2) is 53.2 Å². The van der Waals surface area contributed by atoms with Crippen molar-refractivity contribution in [3.63, 3.8) is 0 Å². The van der Waals surface area contributed by atoms with Gasteiger partial charge in [0.2, 0.25) is 10.0 Å². The summed E-state index contributed by atoms with van der Waals surface area (Å²) < 4.78 is 53.8. The molecule has 2 aromatic carbocycles. The molecule has 11 heteroatoms. The predicted octanol–water partition coefficient (Wildman–Crippen LogP) is 2.25. The first-order valence-electron chi connectivity index (χ1n) is 9.42. The Balaban J connectivity index is 1.68. The molecule has 1 fully saturated rings. The van der Waals surface area contributed by atoms with Crippen molar-refractivity contribution in [2.75, 3.05) is 12.8 Å². The molecule has 1 saturated heterocycles. The van der Waals surface area contributed by atoms with E-state index >= 15 is 0 Å². The van der Waals surface area contributed by atoms with Gasteiger partial charge in [0.25, 0.3) is 5.91 Å². The Morgan fingerprint density at radius 2 is 1.94 bits per heavy atom. The number of rotatable bonds is 5. The van der Waals surface area contributed by atoms with Crippen molar-refractivity contribution < 1.29 is 22.0 Å². The van der Waals surface area contributed by atoms with Crippen LogP contribution in [0.15, 0.2) is 48.5 Å².